The first kappa shape index (κ1) is 24.2. The fraction of sp³-hybridized carbons (Fsp3) is 0.409. The van der Waals surface area contributed by atoms with Crippen LogP contribution in [0.1, 0.15) is 31.2 Å². The van der Waals surface area contributed by atoms with Crippen LogP contribution in [0.2, 0.25) is 5.02 Å². The van der Waals surface area contributed by atoms with Crippen LogP contribution < -0.4 is 24.2 Å². The van der Waals surface area contributed by atoms with Crippen LogP contribution in [0, 0.1) is 0 Å². The number of hydrogen-bond acceptors (Lipinski definition) is 6. The first-order valence-corrected chi connectivity index (χ1v) is 12.1. The third-order valence-electron chi connectivity index (χ3n) is 5.19. The van der Waals surface area contributed by atoms with Crippen molar-refractivity contribution in [3.05, 3.63) is 47.0 Å². The van der Waals surface area contributed by atoms with Crippen LogP contribution in [0.5, 0.6) is 17.2 Å². The molecule has 1 saturated carbocycles. The van der Waals surface area contributed by atoms with Crippen LogP contribution in [-0.2, 0) is 21.4 Å². The topological polar surface area (TPSA) is 103 Å². The van der Waals surface area contributed by atoms with Crippen LogP contribution >= 0.6 is 11.6 Å². The quantitative estimate of drug-likeness (QED) is 0.538. The molecule has 2 aromatic rings. The Morgan fingerprint density at radius 1 is 1.03 bits per heavy atom. The van der Waals surface area contributed by atoms with Crippen molar-refractivity contribution in [2.45, 2.75) is 43.2 Å². The van der Waals surface area contributed by atoms with E-state index in [1.54, 1.807) is 26.4 Å². The number of methoxy groups -OCH3 is 2. The van der Waals surface area contributed by atoms with Gasteiger partial charge in [-0.15, -0.1) is 0 Å². The van der Waals surface area contributed by atoms with E-state index in [1.807, 2.05) is 6.07 Å². The van der Waals surface area contributed by atoms with Crippen LogP contribution in [0.15, 0.2) is 41.3 Å². The predicted octanol–water partition coefficient (Wildman–Crippen LogP) is 3.27. The molecule has 0 heterocycles. The van der Waals surface area contributed by atoms with Crippen LogP contribution in [-0.4, -0.2) is 41.2 Å². The summed E-state index contributed by atoms with van der Waals surface area (Å²) in [6.45, 7) is 0.0136. The molecule has 0 atom stereocenters. The van der Waals surface area contributed by atoms with Gasteiger partial charge in [-0.05, 0) is 48.7 Å². The molecule has 2 aromatic carbocycles. The van der Waals surface area contributed by atoms with E-state index in [0.29, 0.717) is 11.5 Å². The molecule has 1 aliphatic rings. The van der Waals surface area contributed by atoms with Gasteiger partial charge in [0.2, 0.25) is 10.0 Å². The highest BCUT2D eigenvalue weighted by atomic mass is 35.5. The molecule has 32 heavy (non-hydrogen) atoms. The Kier molecular flexibility index (Phi) is 8.22. The van der Waals surface area contributed by atoms with Crippen LogP contribution in [0.3, 0.4) is 0 Å². The monoisotopic (exact) mass is 482 g/mol. The minimum Gasteiger partial charge on any atom is -0.493 e. The molecule has 0 aliphatic heterocycles. The summed E-state index contributed by atoms with van der Waals surface area (Å²) in [5.74, 6) is 1.05. The molecule has 2 N–H and O–H groups in total. The molecule has 0 bridgehead atoms. The van der Waals surface area contributed by atoms with Gasteiger partial charge in [0.15, 0.2) is 18.1 Å². The molecular formula is C22H27ClN2O6S. The summed E-state index contributed by atoms with van der Waals surface area (Å²) in [4.78, 5) is 12.2. The first-order chi connectivity index (χ1) is 15.3. The minimum absolute atomic E-state index is 0.0379. The Morgan fingerprint density at radius 3 is 2.38 bits per heavy atom. The molecule has 0 saturated heterocycles. The number of ether oxygens (including phenoxy) is 3. The average Bonchev–Trinajstić information content (AvgIpc) is 3.28. The standard InChI is InChI=1S/C22H27ClN2O6S/c1-29-20-9-7-15(11-21(20)30-2)13-24-22(26)14-31-19-10-8-17(12-18(19)23)32(27,28)25-16-5-3-4-6-16/h7-12,16,25H,3-6,13-14H2,1-2H3,(H,24,26). The summed E-state index contributed by atoms with van der Waals surface area (Å²) in [6.07, 6.45) is 3.72. The van der Waals surface area contributed by atoms with E-state index in [0.717, 1.165) is 31.2 Å². The number of rotatable bonds is 10. The SMILES string of the molecule is COc1ccc(CNC(=O)COc2ccc(S(=O)(=O)NC3CCCC3)cc2Cl)cc1OC. The number of carbonyl (C=O) groups is 1. The van der Waals surface area contributed by atoms with Gasteiger partial charge in [0.25, 0.3) is 5.91 Å². The number of sulfonamides is 1. The second-order valence-corrected chi connectivity index (χ2v) is 9.57. The lowest BCUT2D eigenvalue weighted by Crippen LogP contribution is -2.32. The highest BCUT2D eigenvalue weighted by Gasteiger charge is 2.23. The summed E-state index contributed by atoms with van der Waals surface area (Å²) in [5.41, 5.74) is 0.832. The molecule has 0 radical (unpaired) electrons. The molecule has 10 heteroatoms. The Labute approximate surface area is 193 Å². The van der Waals surface area contributed by atoms with Gasteiger partial charge >= 0.3 is 0 Å². The second-order valence-electron chi connectivity index (χ2n) is 7.45. The number of carbonyl (C=O) groups excluding carboxylic acids is 1. The van der Waals surface area contributed by atoms with Crippen molar-refractivity contribution in [1.82, 2.24) is 10.0 Å². The van der Waals surface area contributed by atoms with E-state index in [2.05, 4.69) is 10.0 Å². The largest absolute Gasteiger partial charge is 0.493 e. The second kappa shape index (κ2) is 10.9. The maximum Gasteiger partial charge on any atom is 0.258 e. The maximum absolute atomic E-state index is 12.5. The van der Waals surface area contributed by atoms with Gasteiger partial charge in [-0.25, -0.2) is 13.1 Å². The first-order valence-electron chi connectivity index (χ1n) is 10.2. The van der Waals surface area contributed by atoms with E-state index in [4.69, 9.17) is 25.8 Å². The molecule has 8 nitrogen and oxygen atoms in total. The Morgan fingerprint density at radius 2 is 1.72 bits per heavy atom. The third-order valence-corrected chi connectivity index (χ3v) is 7.00. The molecule has 0 spiro atoms. The Bertz CT molecular complexity index is 1050. The molecule has 1 aliphatic carbocycles. The van der Waals surface area contributed by atoms with Gasteiger partial charge in [-0.1, -0.05) is 30.5 Å². The normalized spacial score (nSPS) is 14.2. The maximum atomic E-state index is 12.5. The van der Waals surface area contributed by atoms with Crippen molar-refractivity contribution in [1.29, 1.82) is 0 Å². The average molecular weight is 483 g/mol. The van der Waals surface area contributed by atoms with Crippen LogP contribution in [0.4, 0.5) is 0 Å². The number of halogens is 1. The van der Waals surface area contributed by atoms with Crippen molar-refractivity contribution in [2.24, 2.45) is 0 Å². The lowest BCUT2D eigenvalue weighted by atomic mass is 10.2. The van der Waals surface area contributed by atoms with E-state index in [9.17, 15) is 13.2 Å². The van der Waals surface area contributed by atoms with Gasteiger partial charge in [-0.3, -0.25) is 4.79 Å². The summed E-state index contributed by atoms with van der Waals surface area (Å²) in [7, 11) is -0.561. The summed E-state index contributed by atoms with van der Waals surface area (Å²) in [6, 6.07) is 9.51. The lowest BCUT2D eigenvalue weighted by Gasteiger charge is -2.14. The number of benzene rings is 2. The highest BCUT2D eigenvalue weighted by Crippen LogP contribution is 2.29. The summed E-state index contributed by atoms with van der Waals surface area (Å²) < 4.78 is 43.7. The summed E-state index contributed by atoms with van der Waals surface area (Å²) >= 11 is 6.20. The number of hydrogen-bond donors (Lipinski definition) is 2. The van der Waals surface area contributed by atoms with Gasteiger partial charge in [0.05, 0.1) is 24.1 Å². The molecular weight excluding hydrogens is 456 g/mol. The van der Waals surface area contributed by atoms with E-state index in [-0.39, 0.29) is 40.8 Å². The molecule has 1 amide bonds. The van der Waals surface area contributed by atoms with E-state index < -0.39 is 10.0 Å². The number of nitrogens with one attached hydrogen (secondary N) is 2. The number of amides is 1. The fourth-order valence-corrected chi connectivity index (χ4v) is 5.11. The zero-order valence-electron chi connectivity index (χ0n) is 18.0. The van der Waals surface area contributed by atoms with Gasteiger partial charge in [0.1, 0.15) is 5.75 Å². The minimum atomic E-state index is -3.65. The Balaban J connectivity index is 1.53. The smallest absolute Gasteiger partial charge is 0.258 e. The van der Waals surface area contributed by atoms with Crippen molar-refractivity contribution in [2.75, 3.05) is 20.8 Å². The molecule has 0 aromatic heterocycles. The summed E-state index contributed by atoms with van der Waals surface area (Å²) in [5, 5.41) is 2.86. The van der Waals surface area contributed by atoms with Crippen molar-refractivity contribution in [3.8, 4) is 17.2 Å². The predicted molar refractivity (Wildman–Crippen MR) is 121 cm³/mol. The molecule has 1 fully saturated rings. The zero-order valence-corrected chi connectivity index (χ0v) is 19.6. The van der Waals surface area contributed by atoms with E-state index in [1.165, 1.54) is 18.2 Å². The molecule has 3 rings (SSSR count). The molecule has 174 valence electrons. The van der Waals surface area contributed by atoms with Gasteiger partial charge < -0.3 is 19.5 Å². The highest BCUT2D eigenvalue weighted by molar-refractivity contribution is 7.89. The van der Waals surface area contributed by atoms with Crippen molar-refractivity contribution >= 4 is 27.5 Å². The Hall–Kier alpha value is -2.49. The molecule has 0 unspecified atom stereocenters. The fourth-order valence-electron chi connectivity index (χ4n) is 3.48. The van der Waals surface area contributed by atoms with Crippen LogP contribution in [0.25, 0.3) is 0 Å². The van der Waals surface area contributed by atoms with E-state index >= 15 is 0 Å². The third kappa shape index (κ3) is 6.27. The van der Waals surface area contributed by atoms with Crippen molar-refractivity contribution in [3.63, 3.8) is 0 Å². The zero-order chi connectivity index (χ0) is 23.1. The van der Waals surface area contributed by atoms with Gasteiger partial charge in [-0.2, -0.15) is 0 Å². The lowest BCUT2D eigenvalue weighted by molar-refractivity contribution is -0.123. The van der Waals surface area contributed by atoms with Gasteiger partial charge in [0, 0.05) is 12.6 Å². The van der Waals surface area contributed by atoms with Crippen molar-refractivity contribution < 1.29 is 27.4 Å².